The summed E-state index contributed by atoms with van der Waals surface area (Å²) in [5.74, 6) is 1.60. The van der Waals surface area contributed by atoms with Gasteiger partial charge >= 0.3 is 0 Å². The maximum absolute atomic E-state index is 13.0. The number of anilines is 2. The number of nitrogens with one attached hydrogen (secondary N) is 2. The highest BCUT2D eigenvalue weighted by atomic mass is 32.1. The minimum absolute atomic E-state index is 0.0252. The van der Waals surface area contributed by atoms with Crippen LogP contribution in [0.4, 0.5) is 11.4 Å². The molecule has 0 fully saturated rings. The zero-order valence-corrected chi connectivity index (χ0v) is 23.8. The van der Waals surface area contributed by atoms with Crippen LogP contribution in [-0.4, -0.2) is 48.5 Å². The van der Waals surface area contributed by atoms with Gasteiger partial charge in [0.15, 0.2) is 5.57 Å². The molecule has 0 aliphatic carbocycles. The van der Waals surface area contributed by atoms with E-state index < -0.39 is 5.91 Å². The molecule has 2 N–H and O–H groups in total. The van der Waals surface area contributed by atoms with Crippen LogP contribution in [0.15, 0.2) is 53.3 Å². The molecule has 3 rings (SSSR count). The van der Waals surface area contributed by atoms with Gasteiger partial charge in [0.25, 0.3) is 11.5 Å². The lowest BCUT2D eigenvalue weighted by Crippen LogP contribution is -2.36. The number of likely N-dealkylation sites (N-methyl/N-ethyl adjacent to an activating group) is 2. The van der Waals surface area contributed by atoms with Gasteiger partial charge in [-0.3, -0.25) is 23.9 Å². The number of nitriles is 1. The van der Waals surface area contributed by atoms with Gasteiger partial charge in [-0.1, -0.05) is 41.8 Å². The zero-order chi connectivity index (χ0) is 29.2. The Labute approximate surface area is 237 Å². The van der Waals surface area contributed by atoms with Crippen molar-refractivity contribution in [3.8, 4) is 18.4 Å². The van der Waals surface area contributed by atoms with E-state index >= 15 is 0 Å². The number of hydrogen-bond donors (Lipinski definition) is 2. The SMILES string of the molecule is C#CCNC(=O)/C(C#N)=c1\s/c(=C/Nc2cccc(N(C)C(=O)CN(C)Cc3cccc(C)c3)c2)c(=O)n1CC. The van der Waals surface area contributed by atoms with Crippen LogP contribution in [0.2, 0.25) is 0 Å². The molecule has 0 unspecified atom stereocenters. The van der Waals surface area contributed by atoms with Crippen molar-refractivity contribution < 1.29 is 9.59 Å². The molecule has 0 radical (unpaired) electrons. The van der Waals surface area contributed by atoms with E-state index in [1.54, 1.807) is 18.9 Å². The van der Waals surface area contributed by atoms with Crippen molar-refractivity contribution in [1.29, 1.82) is 5.26 Å². The molecule has 0 aliphatic rings. The van der Waals surface area contributed by atoms with Crippen LogP contribution in [0.25, 0.3) is 11.8 Å². The molecule has 206 valence electrons. The van der Waals surface area contributed by atoms with Crippen LogP contribution in [-0.2, 0) is 22.7 Å². The molecular formula is C30H32N6O3S. The Kier molecular flexibility index (Phi) is 10.4. The first-order valence-electron chi connectivity index (χ1n) is 12.6. The third kappa shape index (κ3) is 7.48. The average Bonchev–Trinajstić information content (AvgIpc) is 3.25. The van der Waals surface area contributed by atoms with Gasteiger partial charge in [-0.05, 0) is 44.7 Å². The van der Waals surface area contributed by atoms with Gasteiger partial charge in [-0.15, -0.1) is 17.8 Å². The summed E-state index contributed by atoms with van der Waals surface area (Å²) in [6.45, 7) is 4.97. The normalized spacial score (nSPS) is 11.9. The molecule has 0 aliphatic heterocycles. The predicted molar refractivity (Wildman–Crippen MR) is 160 cm³/mol. The third-order valence-electron chi connectivity index (χ3n) is 6.05. The highest BCUT2D eigenvalue weighted by Crippen LogP contribution is 2.19. The van der Waals surface area contributed by atoms with Crippen molar-refractivity contribution in [2.24, 2.45) is 0 Å². The van der Waals surface area contributed by atoms with Gasteiger partial charge in [-0.2, -0.15) is 5.26 Å². The number of benzene rings is 2. The highest BCUT2D eigenvalue weighted by Gasteiger charge is 2.16. The number of amides is 2. The third-order valence-corrected chi connectivity index (χ3v) is 7.18. The van der Waals surface area contributed by atoms with Crippen LogP contribution in [0.1, 0.15) is 18.1 Å². The summed E-state index contributed by atoms with van der Waals surface area (Å²) in [5.41, 5.74) is 3.18. The molecule has 0 atom stereocenters. The molecule has 1 heterocycles. The summed E-state index contributed by atoms with van der Waals surface area (Å²) < 4.78 is 1.95. The summed E-state index contributed by atoms with van der Waals surface area (Å²) in [4.78, 5) is 41.9. The average molecular weight is 557 g/mol. The number of thiazole rings is 1. The minimum Gasteiger partial charge on any atom is -0.360 e. The fourth-order valence-corrected chi connectivity index (χ4v) is 5.11. The first-order valence-corrected chi connectivity index (χ1v) is 13.4. The van der Waals surface area contributed by atoms with E-state index in [0.29, 0.717) is 22.5 Å². The van der Waals surface area contributed by atoms with Crippen molar-refractivity contribution in [3.63, 3.8) is 0 Å². The first-order chi connectivity index (χ1) is 19.2. The fraction of sp³-hybridized carbons (Fsp3) is 0.267. The molecule has 2 aromatic carbocycles. The molecule has 2 amide bonds. The monoisotopic (exact) mass is 556 g/mol. The number of nitrogens with zero attached hydrogens (tertiary/aromatic N) is 4. The van der Waals surface area contributed by atoms with E-state index in [1.807, 2.05) is 67.4 Å². The lowest BCUT2D eigenvalue weighted by atomic mass is 10.1. The maximum atomic E-state index is 13.0. The summed E-state index contributed by atoms with van der Waals surface area (Å²) in [6, 6.07) is 17.4. The standard InChI is InChI=1S/C30H32N6O3S/c1-6-14-32-28(38)25(17-31)30-36(7-2)29(39)26(40-30)18-33-23-12-9-13-24(16-23)35(5)27(37)20-34(4)19-22-11-8-10-21(3)15-22/h1,8-13,15-16,18,33H,7,14,19-20H2,2-5H3,(H,32,38)/b26-18+,30-25-. The Bertz CT molecular complexity index is 1660. The summed E-state index contributed by atoms with van der Waals surface area (Å²) in [6.07, 6.45) is 6.72. The molecule has 0 spiro atoms. The molecule has 3 aromatic rings. The van der Waals surface area contributed by atoms with Gasteiger partial charge in [0.05, 0.1) is 13.1 Å². The quantitative estimate of drug-likeness (QED) is 0.367. The van der Waals surface area contributed by atoms with E-state index in [9.17, 15) is 19.6 Å². The number of carbonyl (C=O) groups is 2. The van der Waals surface area contributed by atoms with Crippen LogP contribution in [0.5, 0.6) is 0 Å². The zero-order valence-electron chi connectivity index (χ0n) is 23.0. The van der Waals surface area contributed by atoms with Gasteiger partial charge in [-0.25, -0.2) is 0 Å². The molecule has 9 nitrogen and oxygen atoms in total. The second kappa shape index (κ2) is 13.9. The molecule has 0 saturated carbocycles. The Balaban J connectivity index is 1.79. The van der Waals surface area contributed by atoms with Crippen LogP contribution < -0.4 is 30.3 Å². The Morgan fingerprint density at radius 3 is 2.60 bits per heavy atom. The van der Waals surface area contributed by atoms with Crippen molar-refractivity contribution in [1.82, 2.24) is 14.8 Å². The van der Waals surface area contributed by atoms with Crippen LogP contribution in [0, 0.1) is 30.6 Å². The summed E-state index contributed by atoms with van der Waals surface area (Å²) >= 11 is 1.04. The van der Waals surface area contributed by atoms with E-state index in [1.165, 1.54) is 16.3 Å². The molecular weight excluding hydrogens is 524 g/mol. The van der Waals surface area contributed by atoms with Crippen LogP contribution in [0.3, 0.4) is 0 Å². The molecule has 10 heteroatoms. The molecule has 40 heavy (non-hydrogen) atoms. The number of aryl methyl sites for hydroxylation is 1. The Morgan fingerprint density at radius 1 is 1.18 bits per heavy atom. The van der Waals surface area contributed by atoms with Gasteiger partial charge in [0.1, 0.15) is 15.3 Å². The molecule has 0 saturated heterocycles. The lowest BCUT2D eigenvalue weighted by Gasteiger charge is -2.22. The van der Waals surface area contributed by atoms with Gasteiger partial charge < -0.3 is 15.5 Å². The number of carbonyl (C=O) groups excluding carboxylic acids is 2. The number of hydrogen-bond acceptors (Lipinski definition) is 7. The second-order valence-electron chi connectivity index (χ2n) is 9.15. The van der Waals surface area contributed by atoms with Crippen molar-refractivity contribution in [2.75, 3.05) is 37.4 Å². The first kappa shape index (κ1) is 29.9. The van der Waals surface area contributed by atoms with Crippen molar-refractivity contribution in [2.45, 2.75) is 26.9 Å². The van der Waals surface area contributed by atoms with Gasteiger partial charge in [0, 0.05) is 37.7 Å². The number of aromatic nitrogens is 1. The fourth-order valence-electron chi connectivity index (χ4n) is 4.02. The van der Waals surface area contributed by atoms with Crippen LogP contribution >= 0.6 is 11.3 Å². The summed E-state index contributed by atoms with van der Waals surface area (Å²) in [5, 5.41) is 15.1. The summed E-state index contributed by atoms with van der Waals surface area (Å²) in [7, 11) is 3.63. The predicted octanol–water partition coefficient (Wildman–Crippen LogP) is 1.61. The Hall–Kier alpha value is -4.64. The van der Waals surface area contributed by atoms with Crippen molar-refractivity contribution in [3.05, 3.63) is 79.2 Å². The Morgan fingerprint density at radius 2 is 1.93 bits per heavy atom. The van der Waals surface area contributed by atoms with E-state index in [2.05, 4.69) is 22.6 Å². The molecule has 0 bridgehead atoms. The van der Waals surface area contributed by atoms with Crippen molar-refractivity contribution >= 4 is 46.3 Å². The second-order valence-corrected chi connectivity index (χ2v) is 10.2. The topological polar surface area (TPSA) is 110 Å². The van der Waals surface area contributed by atoms with E-state index in [4.69, 9.17) is 6.42 Å². The maximum Gasteiger partial charge on any atom is 0.270 e. The minimum atomic E-state index is -0.631. The lowest BCUT2D eigenvalue weighted by molar-refractivity contribution is -0.119. The number of terminal acetylenes is 1. The highest BCUT2D eigenvalue weighted by molar-refractivity contribution is 7.07. The van der Waals surface area contributed by atoms with E-state index in [-0.39, 0.29) is 41.3 Å². The smallest absolute Gasteiger partial charge is 0.270 e. The largest absolute Gasteiger partial charge is 0.360 e. The van der Waals surface area contributed by atoms with Gasteiger partial charge in [0.2, 0.25) is 5.91 Å². The number of rotatable bonds is 10. The van der Waals surface area contributed by atoms with E-state index in [0.717, 1.165) is 16.9 Å². The molecule has 1 aromatic heterocycles.